The van der Waals surface area contributed by atoms with Gasteiger partial charge >= 0.3 is 6.03 Å². The predicted molar refractivity (Wildman–Crippen MR) is 68.0 cm³/mol. The van der Waals surface area contributed by atoms with Gasteiger partial charge in [0.05, 0.1) is 12.6 Å². The Labute approximate surface area is 102 Å². The van der Waals surface area contributed by atoms with Crippen LogP contribution < -0.4 is 10.6 Å². The molecule has 0 radical (unpaired) electrons. The van der Waals surface area contributed by atoms with Crippen molar-refractivity contribution in [3.8, 4) is 0 Å². The molecule has 0 aromatic heterocycles. The normalized spacial score (nSPS) is 11.9. The number of aliphatic hydroxyl groups is 1. The van der Waals surface area contributed by atoms with Gasteiger partial charge in [-0.15, -0.1) is 0 Å². The van der Waals surface area contributed by atoms with E-state index >= 15 is 0 Å². The molecule has 1 aromatic rings. The Hall–Kier alpha value is -1.55. The average molecular weight is 236 g/mol. The number of aliphatic hydroxyl groups excluding tert-OH is 1. The highest BCUT2D eigenvalue weighted by atomic mass is 16.3. The summed E-state index contributed by atoms with van der Waals surface area (Å²) in [4.78, 5) is 11.4. The highest BCUT2D eigenvalue weighted by molar-refractivity contribution is 5.74. The zero-order valence-electron chi connectivity index (χ0n) is 10.4. The van der Waals surface area contributed by atoms with E-state index in [1.54, 1.807) is 6.92 Å². The van der Waals surface area contributed by atoms with Crippen molar-refractivity contribution in [2.24, 2.45) is 0 Å². The summed E-state index contributed by atoms with van der Waals surface area (Å²) in [5.74, 6) is 0. The summed E-state index contributed by atoms with van der Waals surface area (Å²) in [5, 5.41) is 14.2. The standard InChI is InChI=1S/C13H20N2O2/c1-10-5-3-4-6-12(10)7-8-14-13(17)15-11(2)9-16/h3-6,11,16H,7-9H2,1-2H3,(H2,14,15,17). The molecule has 1 rings (SSSR count). The maximum atomic E-state index is 11.4. The third-order valence-corrected chi connectivity index (χ3v) is 2.59. The summed E-state index contributed by atoms with van der Waals surface area (Å²) in [5.41, 5.74) is 2.47. The fraction of sp³-hybridized carbons (Fsp3) is 0.462. The number of urea groups is 1. The van der Waals surface area contributed by atoms with Crippen LogP contribution >= 0.6 is 0 Å². The molecule has 1 atom stereocenters. The highest BCUT2D eigenvalue weighted by Gasteiger charge is 2.04. The smallest absolute Gasteiger partial charge is 0.315 e. The van der Waals surface area contributed by atoms with Crippen molar-refractivity contribution in [2.45, 2.75) is 26.3 Å². The fourth-order valence-corrected chi connectivity index (χ4v) is 1.52. The fourth-order valence-electron chi connectivity index (χ4n) is 1.52. The summed E-state index contributed by atoms with van der Waals surface area (Å²) in [6.45, 7) is 4.35. The molecule has 3 N–H and O–H groups in total. The number of amides is 2. The Bertz CT molecular complexity index is 366. The Morgan fingerprint density at radius 3 is 2.76 bits per heavy atom. The van der Waals surface area contributed by atoms with Crippen molar-refractivity contribution in [1.29, 1.82) is 0 Å². The van der Waals surface area contributed by atoms with Crippen molar-refractivity contribution in [1.82, 2.24) is 10.6 Å². The third-order valence-electron chi connectivity index (χ3n) is 2.59. The molecule has 0 bridgehead atoms. The minimum Gasteiger partial charge on any atom is -0.394 e. The van der Waals surface area contributed by atoms with E-state index in [-0.39, 0.29) is 18.7 Å². The first kappa shape index (κ1) is 13.5. The average Bonchev–Trinajstić information content (AvgIpc) is 2.31. The number of hydrogen-bond donors (Lipinski definition) is 3. The van der Waals surface area contributed by atoms with Gasteiger partial charge in [0.2, 0.25) is 0 Å². The second-order valence-electron chi connectivity index (χ2n) is 4.16. The van der Waals surface area contributed by atoms with E-state index in [2.05, 4.69) is 29.7 Å². The molecule has 17 heavy (non-hydrogen) atoms. The maximum Gasteiger partial charge on any atom is 0.315 e. The van der Waals surface area contributed by atoms with Crippen LogP contribution in [0, 0.1) is 6.92 Å². The number of carbonyl (C=O) groups is 1. The summed E-state index contributed by atoms with van der Waals surface area (Å²) in [7, 11) is 0. The molecule has 4 heteroatoms. The lowest BCUT2D eigenvalue weighted by molar-refractivity contribution is 0.220. The predicted octanol–water partition coefficient (Wildman–Crippen LogP) is 1.22. The molecule has 94 valence electrons. The van der Waals surface area contributed by atoms with Gasteiger partial charge < -0.3 is 15.7 Å². The highest BCUT2D eigenvalue weighted by Crippen LogP contribution is 2.06. The summed E-state index contributed by atoms with van der Waals surface area (Å²) >= 11 is 0. The van der Waals surface area contributed by atoms with Gasteiger partial charge in [-0.3, -0.25) is 0 Å². The van der Waals surface area contributed by atoms with Gasteiger partial charge in [-0.05, 0) is 31.4 Å². The van der Waals surface area contributed by atoms with Gasteiger partial charge in [0.15, 0.2) is 0 Å². The van der Waals surface area contributed by atoms with Crippen molar-refractivity contribution in [3.63, 3.8) is 0 Å². The van der Waals surface area contributed by atoms with E-state index in [0.717, 1.165) is 6.42 Å². The minimum atomic E-state index is -0.236. The first-order valence-electron chi connectivity index (χ1n) is 5.83. The number of aryl methyl sites for hydroxylation is 1. The lowest BCUT2D eigenvalue weighted by Gasteiger charge is -2.12. The van der Waals surface area contributed by atoms with E-state index in [4.69, 9.17) is 5.11 Å². The molecule has 1 aromatic carbocycles. The van der Waals surface area contributed by atoms with Crippen LogP contribution in [-0.2, 0) is 6.42 Å². The number of hydrogen-bond acceptors (Lipinski definition) is 2. The van der Waals surface area contributed by atoms with Gasteiger partial charge in [0, 0.05) is 6.54 Å². The maximum absolute atomic E-state index is 11.4. The quantitative estimate of drug-likeness (QED) is 0.720. The molecule has 0 heterocycles. The minimum absolute atomic E-state index is 0.0504. The van der Waals surface area contributed by atoms with E-state index in [1.807, 2.05) is 12.1 Å². The van der Waals surface area contributed by atoms with E-state index < -0.39 is 0 Å². The van der Waals surface area contributed by atoms with Crippen molar-refractivity contribution in [2.75, 3.05) is 13.2 Å². The van der Waals surface area contributed by atoms with Crippen LogP contribution in [0.1, 0.15) is 18.1 Å². The van der Waals surface area contributed by atoms with Gasteiger partial charge in [0.1, 0.15) is 0 Å². The molecule has 0 spiro atoms. The Kier molecular flexibility index (Phi) is 5.49. The molecule has 0 fully saturated rings. The van der Waals surface area contributed by atoms with Crippen molar-refractivity contribution < 1.29 is 9.90 Å². The van der Waals surface area contributed by atoms with Crippen LogP contribution in [0.5, 0.6) is 0 Å². The molecule has 2 amide bonds. The largest absolute Gasteiger partial charge is 0.394 e. The van der Waals surface area contributed by atoms with Gasteiger partial charge in [-0.1, -0.05) is 24.3 Å². The first-order chi connectivity index (χ1) is 8.13. The molecule has 0 aliphatic heterocycles. The Morgan fingerprint density at radius 2 is 2.12 bits per heavy atom. The number of nitrogens with one attached hydrogen (secondary N) is 2. The lowest BCUT2D eigenvalue weighted by Crippen LogP contribution is -2.42. The topological polar surface area (TPSA) is 61.4 Å². The van der Waals surface area contributed by atoms with Crippen LogP contribution in [0.2, 0.25) is 0 Å². The van der Waals surface area contributed by atoms with Crippen LogP contribution in [0.4, 0.5) is 4.79 Å². The zero-order chi connectivity index (χ0) is 12.7. The van der Waals surface area contributed by atoms with E-state index in [9.17, 15) is 4.79 Å². The summed E-state index contributed by atoms with van der Waals surface area (Å²) < 4.78 is 0. The molecule has 4 nitrogen and oxygen atoms in total. The van der Waals surface area contributed by atoms with Crippen LogP contribution in [0.3, 0.4) is 0 Å². The van der Waals surface area contributed by atoms with Crippen LogP contribution in [0.25, 0.3) is 0 Å². The zero-order valence-corrected chi connectivity index (χ0v) is 10.4. The molecule has 0 aliphatic rings. The first-order valence-corrected chi connectivity index (χ1v) is 5.83. The molecule has 0 aliphatic carbocycles. The van der Waals surface area contributed by atoms with Crippen LogP contribution in [-0.4, -0.2) is 30.3 Å². The van der Waals surface area contributed by atoms with Crippen molar-refractivity contribution >= 4 is 6.03 Å². The summed E-state index contributed by atoms with van der Waals surface area (Å²) in [6, 6.07) is 7.67. The van der Waals surface area contributed by atoms with Gasteiger partial charge in [-0.25, -0.2) is 4.79 Å². The van der Waals surface area contributed by atoms with E-state index in [1.165, 1.54) is 11.1 Å². The number of rotatable bonds is 5. The second-order valence-corrected chi connectivity index (χ2v) is 4.16. The molecular formula is C13H20N2O2. The number of carbonyl (C=O) groups excluding carboxylic acids is 1. The molecule has 0 saturated heterocycles. The molecule has 1 unspecified atom stereocenters. The van der Waals surface area contributed by atoms with Crippen molar-refractivity contribution in [3.05, 3.63) is 35.4 Å². The number of benzene rings is 1. The monoisotopic (exact) mass is 236 g/mol. The summed E-state index contributed by atoms with van der Waals surface area (Å²) in [6.07, 6.45) is 0.813. The van der Waals surface area contributed by atoms with Gasteiger partial charge in [0.25, 0.3) is 0 Å². The Balaban J connectivity index is 2.29. The second kappa shape index (κ2) is 6.91. The third kappa shape index (κ3) is 4.87. The molecular weight excluding hydrogens is 216 g/mol. The molecule has 0 saturated carbocycles. The van der Waals surface area contributed by atoms with Gasteiger partial charge in [-0.2, -0.15) is 0 Å². The lowest BCUT2D eigenvalue weighted by atomic mass is 10.1. The Morgan fingerprint density at radius 1 is 1.41 bits per heavy atom. The SMILES string of the molecule is Cc1ccccc1CCNC(=O)NC(C)CO. The van der Waals surface area contributed by atoms with E-state index in [0.29, 0.717) is 6.54 Å². The van der Waals surface area contributed by atoms with Crippen LogP contribution in [0.15, 0.2) is 24.3 Å².